The average Bonchev–Trinajstić information content (AvgIpc) is 2.73. The molecule has 19 heavy (non-hydrogen) atoms. The van der Waals surface area contributed by atoms with E-state index in [0.29, 0.717) is 0 Å². The van der Waals surface area contributed by atoms with E-state index in [2.05, 4.69) is 17.3 Å². The number of hydrogen-bond acceptors (Lipinski definition) is 3. The van der Waals surface area contributed by atoms with Crippen LogP contribution >= 0.6 is 0 Å². The summed E-state index contributed by atoms with van der Waals surface area (Å²) in [4.78, 5) is 14.7. The first-order valence-corrected chi connectivity index (χ1v) is 7.75. The van der Waals surface area contributed by atoms with Crippen LogP contribution in [0.1, 0.15) is 45.4 Å². The van der Waals surface area contributed by atoms with Crippen LogP contribution in [0.5, 0.6) is 0 Å². The fraction of sp³-hybridized carbons (Fsp3) is 0.933. The van der Waals surface area contributed by atoms with Crippen molar-refractivity contribution in [2.45, 2.75) is 51.5 Å². The second-order valence-electron chi connectivity index (χ2n) is 6.71. The van der Waals surface area contributed by atoms with Crippen molar-refractivity contribution in [2.24, 2.45) is 17.1 Å². The van der Waals surface area contributed by atoms with Crippen LogP contribution in [-0.4, -0.2) is 43.5 Å². The highest BCUT2D eigenvalue weighted by Gasteiger charge is 2.42. The molecule has 2 rings (SSSR count). The van der Waals surface area contributed by atoms with Crippen molar-refractivity contribution in [2.75, 3.05) is 26.7 Å². The van der Waals surface area contributed by atoms with Gasteiger partial charge in [-0.25, -0.2) is 0 Å². The fourth-order valence-corrected chi connectivity index (χ4v) is 3.42. The summed E-state index contributed by atoms with van der Waals surface area (Å²) in [7, 11) is 2.18. The Morgan fingerprint density at radius 1 is 1.37 bits per heavy atom. The van der Waals surface area contributed by atoms with Crippen LogP contribution < -0.4 is 11.1 Å². The van der Waals surface area contributed by atoms with Crippen molar-refractivity contribution in [3.8, 4) is 0 Å². The minimum absolute atomic E-state index is 0.0378. The maximum absolute atomic E-state index is 12.3. The van der Waals surface area contributed by atoms with Crippen LogP contribution in [0.3, 0.4) is 0 Å². The summed E-state index contributed by atoms with van der Waals surface area (Å²) in [6.45, 7) is 5.23. The number of carbonyl (C=O) groups is 1. The second-order valence-corrected chi connectivity index (χ2v) is 6.71. The number of nitrogens with two attached hydrogens (primary N) is 1. The van der Waals surface area contributed by atoms with Crippen molar-refractivity contribution in [1.82, 2.24) is 10.2 Å². The number of carbonyl (C=O) groups excluding carboxylic acids is 1. The molecule has 0 aromatic heterocycles. The smallest absolute Gasteiger partial charge is 0.227 e. The van der Waals surface area contributed by atoms with Gasteiger partial charge in [-0.05, 0) is 65.1 Å². The van der Waals surface area contributed by atoms with Crippen LogP contribution in [0, 0.1) is 11.3 Å². The third kappa shape index (κ3) is 3.48. The molecule has 1 aliphatic carbocycles. The zero-order chi connectivity index (χ0) is 13.9. The van der Waals surface area contributed by atoms with Gasteiger partial charge < -0.3 is 16.0 Å². The molecule has 1 amide bonds. The Morgan fingerprint density at radius 2 is 2.05 bits per heavy atom. The molecule has 1 saturated heterocycles. The monoisotopic (exact) mass is 267 g/mol. The first-order valence-electron chi connectivity index (χ1n) is 7.75. The van der Waals surface area contributed by atoms with Crippen LogP contribution in [0.25, 0.3) is 0 Å². The quantitative estimate of drug-likeness (QED) is 0.808. The highest BCUT2D eigenvalue weighted by molar-refractivity contribution is 5.83. The zero-order valence-corrected chi connectivity index (χ0v) is 12.5. The van der Waals surface area contributed by atoms with Gasteiger partial charge in [0, 0.05) is 12.6 Å². The average molecular weight is 267 g/mol. The number of nitrogens with one attached hydrogen (secondary N) is 1. The number of amides is 1. The zero-order valence-electron chi connectivity index (χ0n) is 12.5. The van der Waals surface area contributed by atoms with Crippen LogP contribution in [0.4, 0.5) is 0 Å². The summed E-state index contributed by atoms with van der Waals surface area (Å²) in [6.07, 6.45) is 6.66. The third-order valence-corrected chi connectivity index (χ3v) is 5.22. The Balaban J connectivity index is 1.69. The molecule has 2 aliphatic rings. The van der Waals surface area contributed by atoms with Gasteiger partial charge in [0.2, 0.25) is 5.91 Å². The van der Waals surface area contributed by atoms with Gasteiger partial charge in [0.15, 0.2) is 0 Å². The van der Waals surface area contributed by atoms with Crippen molar-refractivity contribution >= 4 is 5.91 Å². The molecule has 3 N–H and O–H groups in total. The number of hydrogen-bond donors (Lipinski definition) is 2. The van der Waals surface area contributed by atoms with Gasteiger partial charge in [-0.15, -0.1) is 0 Å². The third-order valence-electron chi connectivity index (χ3n) is 5.22. The summed E-state index contributed by atoms with van der Waals surface area (Å²) < 4.78 is 0. The van der Waals surface area contributed by atoms with E-state index in [4.69, 9.17) is 5.73 Å². The van der Waals surface area contributed by atoms with Crippen molar-refractivity contribution in [3.05, 3.63) is 0 Å². The second kappa shape index (κ2) is 6.23. The molecule has 2 unspecified atom stereocenters. The summed E-state index contributed by atoms with van der Waals surface area (Å²) in [5.74, 6) is 0.951. The molecule has 1 aliphatic heterocycles. The Kier molecular flexibility index (Phi) is 4.85. The van der Waals surface area contributed by atoms with E-state index in [1.807, 2.05) is 6.92 Å². The van der Waals surface area contributed by atoms with Crippen molar-refractivity contribution in [1.29, 1.82) is 0 Å². The maximum Gasteiger partial charge on any atom is 0.227 e. The van der Waals surface area contributed by atoms with Crippen molar-refractivity contribution < 1.29 is 4.79 Å². The molecule has 0 spiro atoms. The predicted octanol–water partition coefficient (Wildman–Crippen LogP) is 1.35. The molecule has 1 heterocycles. The molecule has 1 saturated carbocycles. The normalized spacial score (nSPS) is 33.5. The number of piperidine rings is 1. The number of likely N-dealkylation sites (tertiary alicyclic amines) is 1. The predicted molar refractivity (Wildman–Crippen MR) is 77.8 cm³/mol. The Labute approximate surface area is 117 Å². The topological polar surface area (TPSA) is 58.4 Å². The van der Waals surface area contributed by atoms with Gasteiger partial charge >= 0.3 is 0 Å². The molecule has 0 aromatic rings. The van der Waals surface area contributed by atoms with E-state index in [1.165, 1.54) is 25.9 Å². The molecular weight excluding hydrogens is 238 g/mol. The first kappa shape index (κ1) is 14.8. The van der Waals surface area contributed by atoms with E-state index < -0.39 is 0 Å². The van der Waals surface area contributed by atoms with Gasteiger partial charge in [-0.2, -0.15) is 0 Å². The molecule has 0 aromatic carbocycles. The van der Waals surface area contributed by atoms with Gasteiger partial charge in [-0.3, -0.25) is 4.79 Å². The van der Waals surface area contributed by atoms with Gasteiger partial charge in [0.05, 0.1) is 5.41 Å². The summed E-state index contributed by atoms with van der Waals surface area (Å²) in [6, 6.07) is 0.0378. The van der Waals surface area contributed by atoms with E-state index >= 15 is 0 Å². The molecular formula is C15H29N3O. The van der Waals surface area contributed by atoms with Crippen LogP contribution in [0.15, 0.2) is 0 Å². The highest BCUT2D eigenvalue weighted by atomic mass is 16.2. The minimum atomic E-state index is -0.327. The summed E-state index contributed by atoms with van der Waals surface area (Å²) in [5.41, 5.74) is 5.75. The van der Waals surface area contributed by atoms with Gasteiger partial charge in [0.1, 0.15) is 0 Å². The lowest BCUT2D eigenvalue weighted by Crippen LogP contribution is -2.47. The standard InChI is InChI=1S/C15H29N3O/c1-15(8-3-4-13(15)16)14(19)17-9-5-12-6-10-18(2)11-7-12/h12-13H,3-11,16H2,1-2H3,(H,17,19). The van der Waals surface area contributed by atoms with Crippen LogP contribution in [-0.2, 0) is 4.79 Å². The lowest BCUT2D eigenvalue weighted by molar-refractivity contribution is -0.130. The van der Waals surface area contributed by atoms with E-state index in [1.54, 1.807) is 0 Å². The molecule has 2 atom stereocenters. The molecule has 2 fully saturated rings. The Bertz CT molecular complexity index is 313. The molecule has 0 radical (unpaired) electrons. The first-order chi connectivity index (χ1) is 9.02. The lowest BCUT2D eigenvalue weighted by Gasteiger charge is -2.30. The Hall–Kier alpha value is -0.610. The Morgan fingerprint density at radius 3 is 2.63 bits per heavy atom. The van der Waals surface area contributed by atoms with E-state index in [0.717, 1.165) is 38.1 Å². The molecule has 110 valence electrons. The van der Waals surface area contributed by atoms with Crippen LogP contribution in [0.2, 0.25) is 0 Å². The van der Waals surface area contributed by atoms with Gasteiger partial charge in [0.25, 0.3) is 0 Å². The fourth-order valence-electron chi connectivity index (χ4n) is 3.42. The highest BCUT2D eigenvalue weighted by Crippen LogP contribution is 2.36. The minimum Gasteiger partial charge on any atom is -0.356 e. The number of rotatable bonds is 4. The largest absolute Gasteiger partial charge is 0.356 e. The lowest BCUT2D eigenvalue weighted by atomic mass is 9.84. The number of nitrogens with zero attached hydrogens (tertiary/aromatic N) is 1. The van der Waals surface area contributed by atoms with E-state index in [9.17, 15) is 4.79 Å². The molecule has 4 nitrogen and oxygen atoms in total. The maximum atomic E-state index is 12.3. The van der Waals surface area contributed by atoms with E-state index in [-0.39, 0.29) is 17.4 Å². The summed E-state index contributed by atoms with van der Waals surface area (Å²) >= 11 is 0. The SMILES string of the molecule is CN1CCC(CCNC(=O)C2(C)CCCC2N)CC1. The summed E-state index contributed by atoms with van der Waals surface area (Å²) in [5, 5.41) is 3.12. The molecule has 0 bridgehead atoms. The van der Waals surface area contributed by atoms with Gasteiger partial charge in [-0.1, -0.05) is 6.42 Å². The molecule has 4 heteroatoms. The van der Waals surface area contributed by atoms with Crippen molar-refractivity contribution in [3.63, 3.8) is 0 Å².